The van der Waals surface area contributed by atoms with E-state index in [1.165, 1.54) is 7.11 Å². The Bertz CT molecular complexity index is 852. The van der Waals surface area contributed by atoms with Crippen molar-refractivity contribution in [2.24, 2.45) is 5.41 Å². The summed E-state index contributed by atoms with van der Waals surface area (Å²) in [5, 5.41) is 14.1. The molecule has 1 N–H and O–H groups in total. The van der Waals surface area contributed by atoms with E-state index in [9.17, 15) is 19.7 Å². The maximum atomic E-state index is 13.0. The lowest BCUT2D eigenvalue weighted by atomic mass is 9.66. The van der Waals surface area contributed by atoms with E-state index in [1.807, 2.05) is 0 Å². The van der Waals surface area contributed by atoms with Gasteiger partial charge in [-0.05, 0) is 17.2 Å². The van der Waals surface area contributed by atoms with Crippen LogP contribution in [0.25, 0.3) is 0 Å². The molecule has 2 aromatic rings. The number of nitrogens with zero attached hydrogens (tertiary/aromatic N) is 1. The molecule has 2 atom stereocenters. The van der Waals surface area contributed by atoms with Gasteiger partial charge in [-0.3, -0.25) is 19.7 Å². The summed E-state index contributed by atoms with van der Waals surface area (Å²) in [4.78, 5) is 36.7. The number of amides is 1. The summed E-state index contributed by atoms with van der Waals surface area (Å²) < 4.78 is 4.94. The number of benzene rings is 2. The summed E-state index contributed by atoms with van der Waals surface area (Å²) in [6.07, 6.45) is 0.0368. The number of para-hydroxylation sites is 1. The van der Waals surface area contributed by atoms with Crippen LogP contribution in [0.5, 0.6) is 0 Å². The fourth-order valence-electron chi connectivity index (χ4n) is 3.56. The predicted octanol–water partition coefficient (Wildman–Crippen LogP) is 2.40. The zero-order valence-electron chi connectivity index (χ0n) is 14.2. The first-order valence-electron chi connectivity index (χ1n) is 8.13. The average molecular weight is 354 g/mol. The van der Waals surface area contributed by atoms with E-state index in [4.69, 9.17) is 4.74 Å². The number of hydrogen-bond acceptors (Lipinski definition) is 5. The molecule has 7 heteroatoms. The molecule has 1 aliphatic rings. The van der Waals surface area contributed by atoms with E-state index in [1.54, 1.807) is 54.6 Å². The first kappa shape index (κ1) is 17.6. The van der Waals surface area contributed by atoms with Crippen LogP contribution in [-0.2, 0) is 20.7 Å². The Hall–Kier alpha value is -3.22. The van der Waals surface area contributed by atoms with Crippen molar-refractivity contribution in [3.05, 3.63) is 75.8 Å². The number of rotatable bonds is 5. The van der Waals surface area contributed by atoms with Crippen molar-refractivity contribution in [1.82, 2.24) is 0 Å². The lowest BCUT2D eigenvalue weighted by Gasteiger charge is -2.38. The first-order valence-corrected chi connectivity index (χ1v) is 8.13. The number of esters is 1. The number of carbonyl (C=O) groups is 2. The minimum Gasteiger partial charge on any atom is -0.468 e. The Morgan fingerprint density at radius 3 is 2.54 bits per heavy atom. The van der Waals surface area contributed by atoms with Crippen molar-refractivity contribution >= 4 is 17.6 Å². The number of methoxy groups -OCH3 is 1. The molecule has 1 aliphatic heterocycles. The Kier molecular flexibility index (Phi) is 4.71. The van der Waals surface area contributed by atoms with E-state index in [2.05, 4.69) is 5.32 Å². The molecule has 0 bridgehead atoms. The third-order valence-corrected chi connectivity index (χ3v) is 4.82. The Balaban J connectivity index is 2.19. The molecular weight excluding hydrogens is 336 g/mol. The number of carbonyl (C=O) groups excluding carboxylic acids is 2. The highest BCUT2D eigenvalue weighted by Gasteiger charge is 2.57. The van der Waals surface area contributed by atoms with Crippen LogP contribution in [0, 0.1) is 15.5 Å². The standard InChI is InChI=1S/C19H18N2O5/c1-26-18(23)19(11-14-9-5-6-10-16(14)20-17(19)22)15(12-21(24)25)13-7-3-2-4-8-13/h2-10,15H,11-12H2,1H3,(H,20,22)/t15-,19+/m0/s1. The second kappa shape index (κ2) is 6.95. The molecule has 1 heterocycles. The number of ether oxygens (including phenoxy) is 1. The fourth-order valence-corrected chi connectivity index (χ4v) is 3.56. The van der Waals surface area contributed by atoms with Gasteiger partial charge in [-0.15, -0.1) is 0 Å². The molecular formula is C19H18N2O5. The van der Waals surface area contributed by atoms with E-state index in [0.717, 1.165) is 5.56 Å². The topological polar surface area (TPSA) is 98.5 Å². The van der Waals surface area contributed by atoms with Crippen LogP contribution in [0.3, 0.4) is 0 Å². The Labute approximate surface area is 150 Å². The Morgan fingerprint density at radius 2 is 1.88 bits per heavy atom. The minimum atomic E-state index is -1.71. The molecule has 7 nitrogen and oxygen atoms in total. The SMILES string of the molecule is COC(=O)[C@@]1([C@@H](C[N+](=O)[O-])c2ccccc2)Cc2ccccc2NC1=O. The van der Waals surface area contributed by atoms with Crippen LogP contribution in [-0.4, -0.2) is 30.5 Å². The largest absolute Gasteiger partial charge is 0.468 e. The van der Waals surface area contributed by atoms with Crippen LogP contribution in [0.2, 0.25) is 0 Å². The summed E-state index contributed by atoms with van der Waals surface area (Å²) in [6, 6.07) is 15.7. The van der Waals surface area contributed by atoms with Gasteiger partial charge in [0, 0.05) is 17.0 Å². The number of hydrogen-bond donors (Lipinski definition) is 1. The lowest BCUT2D eigenvalue weighted by molar-refractivity contribution is -0.485. The molecule has 0 saturated heterocycles. The maximum absolute atomic E-state index is 13.0. The summed E-state index contributed by atoms with van der Waals surface area (Å²) in [7, 11) is 1.19. The van der Waals surface area contributed by atoms with Crippen molar-refractivity contribution in [1.29, 1.82) is 0 Å². The van der Waals surface area contributed by atoms with Crippen molar-refractivity contribution in [3.63, 3.8) is 0 Å². The first-order chi connectivity index (χ1) is 12.5. The van der Waals surface area contributed by atoms with Gasteiger partial charge in [-0.1, -0.05) is 48.5 Å². The maximum Gasteiger partial charge on any atom is 0.322 e. The zero-order chi connectivity index (χ0) is 18.7. The fraction of sp³-hybridized carbons (Fsp3) is 0.263. The van der Waals surface area contributed by atoms with Crippen LogP contribution < -0.4 is 5.32 Å². The number of fused-ring (bicyclic) bond motifs is 1. The van der Waals surface area contributed by atoms with Gasteiger partial charge in [-0.25, -0.2) is 0 Å². The lowest BCUT2D eigenvalue weighted by Crippen LogP contribution is -2.53. The molecule has 0 saturated carbocycles. The summed E-state index contributed by atoms with van der Waals surface area (Å²) in [6.45, 7) is -0.561. The third kappa shape index (κ3) is 2.92. The number of anilines is 1. The Morgan fingerprint density at radius 1 is 1.23 bits per heavy atom. The summed E-state index contributed by atoms with van der Waals surface area (Å²) in [5.41, 5.74) is 0.174. The van der Waals surface area contributed by atoms with Crippen LogP contribution in [0.1, 0.15) is 17.0 Å². The summed E-state index contributed by atoms with van der Waals surface area (Å²) >= 11 is 0. The van der Waals surface area contributed by atoms with Crippen molar-refractivity contribution in [2.75, 3.05) is 19.0 Å². The smallest absolute Gasteiger partial charge is 0.322 e. The monoisotopic (exact) mass is 354 g/mol. The summed E-state index contributed by atoms with van der Waals surface area (Å²) in [5.74, 6) is -2.32. The molecule has 2 aromatic carbocycles. The normalized spacial score (nSPS) is 19.8. The van der Waals surface area contributed by atoms with Gasteiger partial charge in [-0.2, -0.15) is 0 Å². The average Bonchev–Trinajstić information content (AvgIpc) is 2.65. The van der Waals surface area contributed by atoms with Crippen LogP contribution in [0.15, 0.2) is 54.6 Å². The zero-order valence-corrected chi connectivity index (χ0v) is 14.2. The molecule has 0 radical (unpaired) electrons. The molecule has 0 unspecified atom stereocenters. The van der Waals surface area contributed by atoms with Crippen molar-refractivity contribution in [2.45, 2.75) is 12.3 Å². The highest BCUT2D eigenvalue weighted by atomic mass is 16.6. The molecule has 3 rings (SSSR count). The highest BCUT2D eigenvalue weighted by Crippen LogP contribution is 2.45. The predicted molar refractivity (Wildman–Crippen MR) is 94.3 cm³/mol. The second-order valence-corrected chi connectivity index (χ2v) is 6.23. The van der Waals surface area contributed by atoms with Gasteiger partial charge in [0.15, 0.2) is 5.41 Å². The second-order valence-electron chi connectivity index (χ2n) is 6.23. The molecule has 0 aromatic heterocycles. The molecule has 134 valence electrons. The van der Waals surface area contributed by atoms with Crippen LogP contribution in [0.4, 0.5) is 5.69 Å². The van der Waals surface area contributed by atoms with E-state index in [-0.39, 0.29) is 6.42 Å². The minimum absolute atomic E-state index is 0.0368. The van der Waals surface area contributed by atoms with Gasteiger partial charge in [0.05, 0.1) is 13.0 Å². The van der Waals surface area contributed by atoms with E-state index < -0.39 is 34.7 Å². The van der Waals surface area contributed by atoms with Crippen molar-refractivity contribution < 1.29 is 19.2 Å². The molecule has 0 spiro atoms. The van der Waals surface area contributed by atoms with Gasteiger partial charge < -0.3 is 10.1 Å². The van der Waals surface area contributed by atoms with Crippen LogP contribution >= 0.6 is 0 Å². The van der Waals surface area contributed by atoms with Gasteiger partial charge in [0.2, 0.25) is 12.5 Å². The quantitative estimate of drug-likeness (QED) is 0.385. The van der Waals surface area contributed by atoms with E-state index >= 15 is 0 Å². The molecule has 0 aliphatic carbocycles. The van der Waals surface area contributed by atoms with Gasteiger partial charge >= 0.3 is 5.97 Å². The highest BCUT2D eigenvalue weighted by molar-refractivity contribution is 6.12. The molecule has 0 fully saturated rings. The van der Waals surface area contributed by atoms with Gasteiger partial charge in [0.25, 0.3) is 0 Å². The third-order valence-electron chi connectivity index (χ3n) is 4.82. The molecule has 26 heavy (non-hydrogen) atoms. The van der Waals surface area contributed by atoms with E-state index in [0.29, 0.717) is 11.3 Å². The van der Waals surface area contributed by atoms with Gasteiger partial charge in [0.1, 0.15) is 0 Å². The number of nitrogens with one attached hydrogen (secondary N) is 1. The number of nitro groups is 1. The molecule has 1 amide bonds. The van der Waals surface area contributed by atoms with Crippen molar-refractivity contribution in [3.8, 4) is 0 Å².